The van der Waals surface area contributed by atoms with Gasteiger partial charge in [0.1, 0.15) is 18.5 Å². The highest BCUT2D eigenvalue weighted by Crippen LogP contribution is 2.21. The van der Waals surface area contributed by atoms with Crippen LogP contribution in [0.2, 0.25) is 0 Å². The van der Waals surface area contributed by atoms with E-state index in [2.05, 4.69) is 20.3 Å². The molecule has 0 radical (unpaired) electrons. The molecule has 1 unspecified atom stereocenters. The second-order valence-electron chi connectivity index (χ2n) is 6.41. The first-order valence-corrected chi connectivity index (χ1v) is 9.28. The minimum absolute atomic E-state index is 0. The second-order valence-corrected chi connectivity index (χ2v) is 6.41. The molecular formula is C19H26F2IN5O2. The monoisotopic (exact) mass is 521 g/mol. The van der Waals surface area contributed by atoms with E-state index >= 15 is 0 Å². The van der Waals surface area contributed by atoms with E-state index in [0.29, 0.717) is 19.7 Å². The molecule has 7 nitrogen and oxygen atoms in total. The molecule has 10 heteroatoms. The highest BCUT2D eigenvalue weighted by Gasteiger charge is 2.25. The molecule has 2 aromatic rings. The molecule has 1 N–H and O–H groups in total. The highest BCUT2D eigenvalue weighted by molar-refractivity contribution is 14.0. The Balaban J connectivity index is 0.00000300. The number of aryl methyl sites for hydroxylation is 1. The fourth-order valence-corrected chi connectivity index (χ4v) is 2.97. The third-order valence-corrected chi connectivity index (χ3v) is 4.30. The summed E-state index contributed by atoms with van der Waals surface area (Å²) in [5.74, 6) is -0.580. The Morgan fingerprint density at radius 3 is 2.93 bits per heavy atom. The number of ether oxygens (including phenoxy) is 2. The average Bonchev–Trinajstić information content (AvgIpc) is 3.12. The zero-order valence-electron chi connectivity index (χ0n) is 16.5. The van der Waals surface area contributed by atoms with Crippen molar-refractivity contribution in [3.8, 4) is 5.75 Å². The van der Waals surface area contributed by atoms with Gasteiger partial charge in [0.05, 0.1) is 25.9 Å². The van der Waals surface area contributed by atoms with Crippen LogP contribution in [0.15, 0.2) is 35.6 Å². The topological polar surface area (TPSA) is 63.9 Å². The Bertz CT molecular complexity index is 818. The molecule has 0 spiro atoms. The van der Waals surface area contributed by atoms with Crippen molar-refractivity contribution in [3.05, 3.63) is 47.8 Å². The molecule has 1 aliphatic heterocycles. The molecule has 1 aromatic heterocycles. The molecule has 1 atom stereocenters. The van der Waals surface area contributed by atoms with Crippen molar-refractivity contribution in [2.24, 2.45) is 12.0 Å². The number of nitrogens with zero attached hydrogens (tertiary/aromatic N) is 4. The number of hydrogen-bond acceptors (Lipinski definition) is 4. The fraction of sp³-hybridized carbons (Fsp3) is 0.474. The van der Waals surface area contributed by atoms with Gasteiger partial charge in [-0.15, -0.1) is 24.0 Å². The number of aromatic nitrogens is 2. The van der Waals surface area contributed by atoms with E-state index in [-0.39, 0.29) is 42.4 Å². The largest absolute Gasteiger partial charge is 0.489 e. The van der Waals surface area contributed by atoms with Crippen LogP contribution in [0.25, 0.3) is 0 Å². The lowest BCUT2D eigenvalue weighted by atomic mass is 10.1. The van der Waals surface area contributed by atoms with Gasteiger partial charge in [0.15, 0.2) is 17.5 Å². The molecular weight excluding hydrogens is 495 g/mol. The molecule has 1 aromatic carbocycles. The second kappa shape index (κ2) is 11.3. The summed E-state index contributed by atoms with van der Waals surface area (Å²) in [7, 11) is 1.87. The Morgan fingerprint density at radius 1 is 1.41 bits per heavy atom. The van der Waals surface area contributed by atoms with Crippen molar-refractivity contribution in [3.63, 3.8) is 0 Å². The molecule has 29 heavy (non-hydrogen) atoms. The van der Waals surface area contributed by atoms with Gasteiger partial charge >= 0.3 is 0 Å². The van der Waals surface area contributed by atoms with Crippen LogP contribution in [0.3, 0.4) is 0 Å². The average molecular weight is 521 g/mol. The van der Waals surface area contributed by atoms with Crippen molar-refractivity contribution >= 4 is 29.9 Å². The van der Waals surface area contributed by atoms with Crippen LogP contribution in [0.5, 0.6) is 5.75 Å². The van der Waals surface area contributed by atoms with E-state index in [1.807, 2.05) is 26.4 Å². The van der Waals surface area contributed by atoms with Gasteiger partial charge in [-0.25, -0.2) is 13.8 Å². The van der Waals surface area contributed by atoms with E-state index in [1.165, 1.54) is 6.07 Å². The predicted molar refractivity (Wildman–Crippen MR) is 117 cm³/mol. The number of benzene rings is 1. The summed E-state index contributed by atoms with van der Waals surface area (Å²) in [6.07, 6.45) is 3.68. The summed E-state index contributed by atoms with van der Waals surface area (Å²) >= 11 is 0. The number of halogens is 3. The number of morpholine rings is 1. The Hall–Kier alpha value is -1.95. The van der Waals surface area contributed by atoms with Crippen LogP contribution in [-0.4, -0.2) is 60.0 Å². The lowest BCUT2D eigenvalue weighted by Gasteiger charge is -2.34. The van der Waals surface area contributed by atoms with E-state index in [4.69, 9.17) is 9.47 Å². The van der Waals surface area contributed by atoms with Crippen molar-refractivity contribution < 1.29 is 18.3 Å². The van der Waals surface area contributed by atoms with Gasteiger partial charge in [-0.3, -0.25) is 4.68 Å². The zero-order chi connectivity index (χ0) is 19.9. The number of guanidine groups is 1. The molecule has 1 saturated heterocycles. The van der Waals surface area contributed by atoms with Crippen LogP contribution < -0.4 is 10.1 Å². The van der Waals surface area contributed by atoms with Crippen LogP contribution in [-0.2, 0) is 11.8 Å². The Labute approximate surface area is 186 Å². The van der Waals surface area contributed by atoms with Crippen LogP contribution in [0, 0.1) is 11.6 Å². The summed E-state index contributed by atoms with van der Waals surface area (Å²) in [5.41, 5.74) is 1.03. The minimum Gasteiger partial charge on any atom is -0.489 e. The van der Waals surface area contributed by atoms with E-state index < -0.39 is 11.6 Å². The number of rotatable bonds is 6. The molecule has 2 heterocycles. The summed E-state index contributed by atoms with van der Waals surface area (Å²) < 4.78 is 39.5. The van der Waals surface area contributed by atoms with Crippen molar-refractivity contribution in [1.29, 1.82) is 0 Å². The Kier molecular flexibility index (Phi) is 9.08. The maximum absolute atomic E-state index is 13.6. The lowest BCUT2D eigenvalue weighted by Crippen LogP contribution is -2.48. The molecule has 1 aliphatic rings. The summed E-state index contributed by atoms with van der Waals surface area (Å²) in [4.78, 5) is 6.69. The van der Waals surface area contributed by atoms with Crippen molar-refractivity contribution in [2.45, 2.75) is 13.0 Å². The van der Waals surface area contributed by atoms with Crippen molar-refractivity contribution in [1.82, 2.24) is 20.0 Å². The van der Waals surface area contributed by atoms with Crippen LogP contribution in [0.1, 0.15) is 18.6 Å². The summed E-state index contributed by atoms with van der Waals surface area (Å²) in [5, 5.41) is 7.47. The molecule has 0 bridgehead atoms. The van der Waals surface area contributed by atoms with Gasteiger partial charge < -0.3 is 19.7 Å². The van der Waals surface area contributed by atoms with Gasteiger partial charge in [-0.05, 0) is 19.1 Å². The van der Waals surface area contributed by atoms with Gasteiger partial charge in [0.2, 0.25) is 0 Å². The molecule has 160 valence electrons. The third kappa shape index (κ3) is 6.53. The molecule has 1 fully saturated rings. The van der Waals surface area contributed by atoms with E-state index in [0.717, 1.165) is 36.7 Å². The first kappa shape index (κ1) is 23.3. The summed E-state index contributed by atoms with van der Waals surface area (Å²) in [6, 6.07) is 3.24. The van der Waals surface area contributed by atoms with Crippen LogP contribution in [0.4, 0.5) is 8.78 Å². The van der Waals surface area contributed by atoms with E-state index in [9.17, 15) is 8.78 Å². The highest BCUT2D eigenvalue weighted by atomic mass is 127. The molecule has 3 rings (SSSR count). The number of hydrogen-bond donors (Lipinski definition) is 1. The predicted octanol–water partition coefficient (Wildman–Crippen LogP) is 2.73. The van der Waals surface area contributed by atoms with Crippen LogP contribution >= 0.6 is 24.0 Å². The van der Waals surface area contributed by atoms with Crippen molar-refractivity contribution in [2.75, 3.05) is 39.4 Å². The van der Waals surface area contributed by atoms with Gasteiger partial charge in [0.25, 0.3) is 0 Å². The maximum atomic E-state index is 13.6. The first-order valence-electron chi connectivity index (χ1n) is 9.28. The Morgan fingerprint density at radius 2 is 2.24 bits per heavy atom. The van der Waals surface area contributed by atoms with Gasteiger partial charge in [-0.1, -0.05) is 0 Å². The van der Waals surface area contributed by atoms with Gasteiger partial charge in [-0.2, -0.15) is 5.10 Å². The zero-order valence-corrected chi connectivity index (χ0v) is 18.8. The van der Waals surface area contributed by atoms with Gasteiger partial charge in [0, 0.05) is 38.0 Å². The van der Waals surface area contributed by atoms with E-state index in [1.54, 1.807) is 4.68 Å². The number of nitrogens with one attached hydrogen (secondary N) is 1. The maximum Gasteiger partial charge on any atom is 0.194 e. The minimum atomic E-state index is -0.719. The molecule has 0 amide bonds. The molecule has 0 saturated carbocycles. The normalized spacial score (nSPS) is 17.0. The number of aliphatic imine (C=N–C) groups is 1. The fourth-order valence-electron chi connectivity index (χ4n) is 2.97. The first-order chi connectivity index (χ1) is 13.6. The quantitative estimate of drug-likeness (QED) is 0.274. The lowest BCUT2D eigenvalue weighted by molar-refractivity contribution is -0.00805. The smallest absolute Gasteiger partial charge is 0.194 e. The standard InChI is InChI=1S/C19H25F2N5O2.HI/c1-3-22-19(23-6-8-27-17-5-4-15(20)10-16(17)21)26-7-9-28-18(13-26)14-11-24-25(2)12-14;/h4-5,10-12,18H,3,6-9,13H2,1-2H3,(H,22,23);1H. The summed E-state index contributed by atoms with van der Waals surface area (Å²) in [6.45, 7) is 5.21. The molecule has 0 aliphatic carbocycles. The SMILES string of the molecule is CCNC(=NCCOc1ccc(F)cc1F)N1CCOC(c2cnn(C)c2)C1.I. The third-order valence-electron chi connectivity index (χ3n) is 4.30.